The van der Waals surface area contributed by atoms with Gasteiger partial charge in [-0.15, -0.1) is 0 Å². The highest BCUT2D eigenvalue weighted by Crippen LogP contribution is 2.33. The Morgan fingerprint density at radius 1 is 1.05 bits per heavy atom. The summed E-state index contributed by atoms with van der Waals surface area (Å²) in [5, 5.41) is 0. The zero-order valence-corrected chi connectivity index (χ0v) is 16.5. The van der Waals surface area contributed by atoms with Crippen molar-refractivity contribution in [3.63, 3.8) is 0 Å². The number of carbonyl (C=O) groups excluding carboxylic acids is 1. The molecule has 0 aliphatic carbocycles. The van der Waals surface area contributed by atoms with Crippen LogP contribution in [0.15, 0.2) is 33.3 Å². The van der Waals surface area contributed by atoms with E-state index in [0.717, 1.165) is 31.3 Å². The van der Waals surface area contributed by atoms with Crippen LogP contribution in [0.4, 0.5) is 4.79 Å². The highest BCUT2D eigenvalue weighted by atomic mass is 79.9. The first-order valence-electron chi connectivity index (χ1n) is 6.97. The maximum atomic E-state index is 12.5. The summed E-state index contributed by atoms with van der Waals surface area (Å²) in [7, 11) is 0. The number of hydrogen-bond donors (Lipinski definition) is 0. The molecule has 1 aromatic heterocycles. The van der Waals surface area contributed by atoms with Gasteiger partial charge in [-0.2, -0.15) is 0 Å². The molecule has 0 saturated carbocycles. The SMILES string of the molecule is Cc1cc(Br)cc(C)c1-c1cc(Br)cn1C(=O)OC(C)(C)C. The van der Waals surface area contributed by atoms with Crippen molar-refractivity contribution in [2.75, 3.05) is 0 Å². The molecule has 0 atom stereocenters. The molecular formula is C17H19Br2NO2. The first kappa shape index (κ1) is 17.3. The molecule has 0 bridgehead atoms. The third kappa shape index (κ3) is 3.82. The molecule has 0 aliphatic rings. The summed E-state index contributed by atoms with van der Waals surface area (Å²) in [6.45, 7) is 9.65. The molecule has 0 fully saturated rings. The van der Waals surface area contributed by atoms with Gasteiger partial charge in [0.1, 0.15) is 5.60 Å². The van der Waals surface area contributed by atoms with E-state index >= 15 is 0 Å². The number of benzene rings is 1. The Hall–Kier alpha value is -1.07. The summed E-state index contributed by atoms with van der Waals surface area (Å²) in [5.74, 6) is 0. The van der Waals surface area contributed by atoms with Crippen molar-refractivity contribution in [3.05, 3.63) is 44.5 Å². The normalized spacial score (nSPS) is 11.6. The van der Waals surface area contributed by atoms with Crippen LogP contribution in [0.1, 0.15) is 31.9 Å². The molecule has 0 N–H and O–H groups in total. The van der Waals surface area contributed by atoms with Crippen LogP contribution in [0.2, 0.25) is 0 Å². The van der Waals surface area contributed by atoms with Crippen molar-refractivity contribution in [1.82, 2.24) is 4.57 Å². The van der Waals surface area contributed by atoms with E-state index in [-0.39, 0.29) is 6.09 Å². The summed E-state index contributed by atoms with van der Waals surface area (Å²) >= 11 is 6.96. The molecule has 0 amide bonds. The second kappa shape index (κ2) is 6.20. The monoisotopic (exact) mass is 427 g/mol. The van der Waals surface area contributed by atoms with Crippen molar-refractivity contribution in [3.8, 4) is 11.3 Å². The Bertz CT molecular complexity index is 704. The number of nitrogens with zero attached hydrogens (tertiary/aromatic N) is 1. The summed E-state index contributed by atoms with van der Waals surface area (Å²) in [6, 6.07) is 6.03. The predicted octanol–water partition coefficient (Wildman–Crippen LogP) is 6.08. The molecule has 0 spiro atoms. The highest BCUT2D eigenvalue weighted by Gasteiger charge is 2.22. The van der Waals surface area contributed by atoms with Crippen molar-refractivity contribution < 1.29 is 9.53 Å². The quantitative estimate of drug-likeness (QED) is 0.550. The number of aryl methyl sites for hydroxylation is 2. The van der Waals surface area contributed by atoms with Gasteiger partial charge in [-0.05, 0) is 79.9 Å². The second-order valence-corrected chi connectivity index (χ2v) is 8.14. The molecule has 2 aromatic rings. The van der Waals surface area contributed by atoms with Crippen LogP contribution in [-0.4, -0.2) is 16.3 Å². The fraction of sp³-hybridized carbons (Fsp3) is 0.353. The van der Waals surface area contributed by atoms with Crippen molar-refractivity contribution in [2.45, 2.75) is 40.2 Å². The number of rotatable bonds is 1. The first-order chi connectivity index (χ1) is 10.1. The Morgan fingerprint density at radius 2 is 1.59 bits per heavy atom. The van der Waals surface area contributed by atoms with E-state index in [1.165, 1.54) is 0 Å². The lowest BCUT2D eigenvalue weighted by Gasteiger charge is -2.21. The molecule has 1 heterocycles. The minimum atomic E-state index is -0.533. The van der Waals surface area contributed by atoms with Crippen LogP contribution in [0.5, 0.6) is 0 Å². The van der Waals surface area contributed by atoms with E-state index < -0.39 is 5.60 Å². The van der Waals surface area contributed by atoms with E-state index in [4.69, 9.17) is 4.74 Å². The Morgan fingerprint density at radius 3 is 2.09 bits per heavy atom. The Kier molecular flexibility index (Phi) is 4.87. The average molecular weight is 429 g/mol. The van der Waals surface area contributed by atoms with E-state index in [2.05, 4.69) is 31.9 Å². The molecule has 0 aliphatic heterocycles. The fourth-order valence-electron chi connectivity index (χ4n) is 2.40. The minimum Gasteiger partial charge on any atom is -0.443 e. The number of carbonyl (C=O) groups is 1. The van der Waals surface area contributed by atoms with Crippen LogP contribution >= 0.6 is 31.9 Å². The van der Waals surface area contributed by atoms with Gasteiger partial charge in [0.15, 0.2) is 0 Å². The predicted molar refractivity (Wildman–Crippen MR) is 96.4 cm³/mol. The fourth-order valence-corrected chi connectivity index (χ4v) is 3.51. The van der Waals surface area contributed by atoms with Crippen molar-refractivity contribution >= 4 is 38.0 Å². The number of hydrogen-bond acceptors (Lipinski definition) is 2. The van der Waals surface area contributed by atoms with Crippen molar-refractivity contribution in [2.24, 2.45) is 0 Å². The maximum Gasteiger partial charge on any atom is 0.419 e. The lowest BCUT2D eigenvalue weighted by molar-refractivity contribution is 0.0540. The molecule has 1 aromatic carbocycles. The summed E-state index contributed by atoms with van der Waals surface area (Å²) in [5.41, 5.74) is 3.53. The van der Waals surface area contributed by atoms with Crippen LogP contribution in [0.3, 0.4) is 0 Å². The van der Waals surface area contributed by atoms with Crippen LogP contribution in [0.25, 0.3) is 11.3 Å². The molecule has 0 saturated heterocycles. The Labute approximate surface area is 147 Å². The number of halogens is 2. The second-order valence-electron chi connectivity index (χ2n) is 6.31. The third-order valence-corrected chi connectivity index (χ3v) is 4.02. The maximum absolute atomic E-state index is 12.5. The van der Waals surface area contributed by atoms with Gasteiger partial charge in [0, 0.05) is 20.7 Å². The molecule has 2 rings (SSSR count). The van der Waals surface area contributed by atoms with Crippen molar-refractivity contribution in [1.29, 1.82) is 0 Å². The molecule has 0 radical (unpaired) electrons. The Balaban J connectivity index is 2.57. The van der Waals surface area contributed by atoms with Gasteiger partial charge in [0.05, 0.1) is 5.69 Å². The van der Waals surface area contributed by atoms with Crippen LogP contribution in [-0.2, 0) is 4.74 Å². The van der Waals surface area contributed by atoms with E-state index in [0.29, 0.717) is 0 Å². The third-order valence-electron chi connectivity index (χ3n) is 3.13. The van der Waals surface area contributed by atoms with E-state index in [9.17, 15) is 4.79 Å². The zero-order chi connectivity index (χ0) is 16.7. The molecule has 118 valence electrons. The zero-order valence-electron chi connectivity index (χ0n) is 13.3. The lowest BCUT2D eigenvalue weighted by Crippen LogP contribution is -2.27. The van der Waals surface area contributed by atoms with E-state index in [1.54, 1.807) is 10.8 Å². The smallest absolute Gasteiger partial charge is 0.419 e. The molecule has 3 nitrogen and oxygen atoms in total. The van der Waals surface area contributed by atoms with Gasteiger partial charge in [0.2, 0.25) is 0 Å². The summed E-state index contributed by atoms with van der Waals surface area (Å²) < 4.78 is 8.92. The topological polar surface area (TPSA) is 31.2 Å². The first-order valence-corrected chi connectivity index (χ1v) is 8.55. The van der Waals surface area contributed by atoms with Crippen LogP contribution < -0.4 is 0 Å². The van der Waals surface area contributed by atoms with Gasteiger partial charge >= 0.3 is 6.09 Å². The standard InChI is InChI=1S/C17H19Br2NO2/c1-10-6-12(18)7-11(2)15(10)14-8-13(19)9-20(14)16(21)22-17(3,4)5/h6-9H,1-5H3. The molecular weight excluding hydrogens is 410 g/mol. The van der Waals surface area contributed by atoms with Crippen LogP contribution in [0, 0.1) is 13.8 Å². The average Bonchev–Trinajstić information content (AvgIpc) is 2.67. The largest absolute Gasteiger partial charge is 0.443 e. The van der Waals surface area contributed by atoms with Gasteiger partial charge < -0.3 is 4.74 Å². The molecule has 22 heavy (non-hydrogen) atoms. The van der Waals surface area contributed by atoms with Gasteiger partial charge in [-0.25, -0.2) is 4.79 Å². The number of ether oxygens (including phenoxy) is 1. The van der Waals surface area contributed by atoms with E-state index in [1.807, 2.05) is 52.8 Å². The highest BCUT2D eigenvalue weighted by molar-refractivity contribution is 9.10. The molecule has 0 unspecified atom stereocenters. The van der Waals surface area contributed by atoms with Gasteiger partial charge in [-0.3, -0.25) is 4.57 Å². The summed E-state index contributed by atoms with van der Waals surface area (Å²) in [4.78, 5) is 12.5. The van der Waals surface area contributed by atoms with Gasteiger partial charge in [0.25, 0.3) is 0 Å². The minimum absolute atomic E-state index is 0.380. The molecule has 5 heteroatoms. The van der Waals surface area contributed by atoms with Gasteiger partial charge in [-0.1, -0.05) is 15.9 Å². The number of aromatic nitrogens is 1. The lowest BCUT2D eigenvalue weighted by atomic mass is 10.0. The summed E-state index contributed by atoms with van der Waals surface area (Å²) in [6.07, 6.45) is 1.36.